The first-order valence-electron chi connectivity index (χ1n) is 9.01. The van der Waals surface area contributed by atoms with Crippen molar-refractivity contribution in [1.82, 2.24) is 0 Å². The summed E-state index contributed by atoms with van der Waals surface area (Å²) in [7, 11) is -3.59. The molecule has 0 aromatic heterocycles. The van der Waals surface area contributed by atoms with Gasteiger partial charge < -0.3 is 4.65 Å². The van der Waals surface area contributed by atoms with Gasteiger partial charge in [0.1, 0.15) is 0 Å². The molecule has 0 saturated carbocycles. The SMILES string of the molecule is CC[Si](CC)([N-][Si](CC)(CC)c1ccccc1)c1ccccc1.[Na+]. The second-order valence-electron chi connectivity index (χ2n) is 6.32. The Kier molecular flexibility index (Phi) is 9.20. The molecule has 0 aliphatic rings. The van der Waals surface area contributed by atoms with E-state index >= 15 is 0 Å². The van der Waals surface area contributed by atoms with Gasteiger partial charge in [0.05, 0.1) is 0 Å². The van der Waals surface area contributed by atoms with E-state index in [4.69, 9.17) is 4.65 Å². The number of benzene rings is 2. The summed E-state index contributed by atoms with van der Waals surface area (Å²) in [6, 6.07) is 27.1. The minimum absolute atomic E-state index is 0. The van der Waals surface area contributed by atoms with Crippen molar-refractivity contribution < 1.29 is 29.6 Å². The molecule has 0 radical (unpaired) electrons. The van der Waals surface area contributed by atoms with Crippen molar-refractivity contribution in [2.24, 2.45) is 0 Å². The Balaban J connectivity index is 0.00000288. The van der Waals surface area contributed by atoms with Gasteiger partial charge in [-0.15, -0.1) is 0 Å². The van der Waals surface area contributed by atoms with Crippen LogP contribution in [0.4, 0.5) is 0 Å². The van der Waals surface area contributed by atoms with E-state index in [0.717, 1.165) is 0 Å². The molecule has 0 N–H and O–H groups in total. The predicted octanol–water partition coefficient (Wildman–Crippen LogP) is 2.15. The van der Waals surface area contributed by atoms with Gasteiger partial charge in [-0.25, -0.2) is 0 Å². The number of rotatable bonds is 8. The van der Waals surface area contributed by atoms with Crippen molar-refractivity contribution in [3.8, 4) is 0 Å². The van der Waals surface area contributed by atoms with Crippen molar-refractivity contribution in [2.45, 2.75) is 51.9 Å². The molecule has 2 aromatic rings. The van der Waals surface area contributed by atoms with Crippen molar-refractivity contribution in [2.75, 3.05) is 0 Å². The Morgan fingerprint density at radius 2 is 0.875 bits per heavy atom. The van der Waals surface area contributed by atoms with Gasteiger partial charge in [-0.05, 0) is 16.5 Å². The largest absolute Gasteiger partial charge is 1.00 e. The third-order valence-electron chi connectivity index (χ3n) is 5.39. The number of nitrogens with zero attached hydrogens (tertiary/aromatic N) is 1. The molecule has 2 rings (SSSR count). The Labute approximate surface area is 172 Å². The molecule has 0 bridgehead atoms. The molecule has 0 unspecified atom stereocenters. The summed E-state index contributed by atoms with van der Waals surface area (Å²) in [5, 5.41) is 3.03. The van der Waals surface area contributed by atoms with Crippen LogP contribution in [0, 0.1) is 0 Å². The van der Waals surface area contributed by atoms with Crippen LogP contribution < -0.4 is 39.9 Å². The molecule has 0 fully saturated rings. The van der Waals surface area contributed by atoms with Crippen LogP contribution in [0.3, 0.4) is 0 Å². The topological polar surface area (TPSA) is 14.1 Å². The zero-order valence-electron chi connectivity index (χ0n) is 16.0. The van der Waals surface area contributed by atoms with E-state index in [1.807, 2.05) is 0 Å². The van der Waals surface area contributed by atoms with E-state index in [2.05, 4.69) is 88.4 Å². The summed E-state index contributed by atoms with van der Waals surface area (Å²) >= 11 is 0. The Hall–Kier alpha value is -0.166. The van der Waals surface area contributed by atoms with E-state index in [1.165, 1.54) is 34.5 Å². The van der Waals surface area contributed by atoms with E-state index in [0.29, 0.717) is 0 Å². The van der Waals surface area contributed by atoms with Crippen LogP contribution in [0.2, 0.25) is 24.2 Å². The molecule has 0 atom stereocenters. The van der Waals surface area contributed by atoms with Gasteiger partial charge in [0, 0.05) is 0 Å². The molecule has 4 heteroatoms. The van der Waals surface area contributed by atoms with Crippen LogP contribution in [0.15, 0.2) is 60.7 Å². The van der Waals surface area contributed by atoms with Crippen LogP contribution in [0.25, 0.3) is 4.65 Å². The molecule has 0 saturated heterocycles. The van der Waals surface area contributed by atoms with E-state index < -0.39 is 16.5 Å². The molecule has 124 valence electrons. The predicted molar refractivity (Wildman–Crippen MR) is 109 cm³/mol. The van der Waals surface area contributed by atoms with Gasteiger partial charge in [0.25, 0.3) is 0 Å². The van der Waals surface area contributed by atoms with Gasteiger partial charge in [-0.1, -0.05) is 123 Å². The monoisotopic (exact) mass is 363 g/mol. The summed E-state index contributed by atoms with van der Waals surface area (Å²) in [6.07, 6.45) is 0. The summed E-state index contributed by atoms with van der Waals surface area (Å²) in [5.41, 5.74) is 0. The van der Waals surface area contributed by atoms with E-state index in [-0.39, 0.29) is 29.6 Å². The van der Waals surface area contributed by atoms with Crippen molar-refractivity contribution in [1.29, 1.82) is 0 Å². The van der Waals surface area contributed by atoms with Crippen molar-refractivity contribution >= 4 is 26.8 Å². The Morgan fingerprint density at radius 3 is 1.12 bits per heavy atom. The fraction of sp³-hybridized carbons (Fsp3) is 0.400. The molecule has 0 amide bonds. The first-order chi connectivity index (χ1) is 11.2. The van der Waals surface area contributed by atoms with Gasteiger partial charge >= 0.3 is 29.6 Å². The molecule has 1 nitrogen and oxygen atoms in total. The second kappa shape index (κ2) is 10.1. The minimum atomic E-state index is -1.79. The molecule has 0 heterocycles. The van der Waals surface area contributed by atoms with Crippen molar-refractivity contribution in [3.63, 3.8) is 0 Å². The maximum atomic E-state index is 5.83. The van der Waals surface area contributed by atoms with Gasteiger partial charge in [-0.3, -0.25) is 0 Å². The third-order valence-corrected chi connectivity index (χ3v) is 16.3. The average Bonchev–Trinajstić information content (AvgIpc) is 2.65. The Morgan fingerprint density at radius 1 is 0.583 bits per heavy atom. The molecular formula is C20H30NNaSi2. The minimum Gasteiger partial charge on any atom is -0.659 e. The maximum absolute atomic E-state index is 5.83. The van der Waals surface area contributed by atoms with Crippen LogP contribution >= 0.6 is 0 Å². The molecular weight excluding hydrogens is 333 g/mol. The van der Waals surface area contributed by atoms with Crippen molar-refractivity contribution in [3.05, 3.63) is 65.3 Å². The molecule has 0 spiro atoms. The zero-order chi connectivity index (χ0) is 16.8. The van der Waals surface area contributed by atoms with Crippen LogP contribution in [0.5, 0.6) is 0 Å². The first kappa shape index (κ1) is 21.9. The third kappa shape index (κ3) is 4.51. The van der Waals surface area contributed by atoms with E-state index in [9.17, 15) is 0 Å². The normalized spacial score (nSPS) is 11.8. The molecule has 24 heavy (non-hydrogen) atoms. The smallest absolute Gasteiger partial charge is 0.659 e. The van der Waals surface area contributed by atoms with Crippen LogP contribution in [-0.4, -0.2) is 16.5 Å². The number of hydrogen-bond acceptors (Lipinski definition) is 0. The summed E-state index contributed by atoms with van der Waals surface area (Å²) in [6.45, 7) is 9.40. The first-order valence-corrected chi connectivity index (χ1v) is 13.7. The fourth-order valence-electron chi connectivity index (χ4n) is 3.67. The molecule has 0 aliphatic carbocycles. The second-order valence-corrected chi connectivity index (χ2v) is 15.3. The van der Waals surface area contributed by atoms with E-state index in [1.54, 1.807) is 0 Å². The quantitative estimate of drug-likeness (QED) is 0.638. The fourth-order valence-corrected chi connectivity index (χ4v) is 14.8. The van der Waals surface area contributed by atoms with Gasteiger partial charge in [0.2, 0.25) is 0 Å². The average molecular weight is 364 g/mol. The van der Waals surface area contributed by atoms with Gasteiger partial charge in [-0.2, -0.15) is 0 Å². The summed E-state index contributed by atoms with van der Waals surface area (Å²) in [4.78, 5) is 0. The van der Waals surface area contributed by atoms with Crippen LogP contribution in [0.1, 0.15) is 27.7 Å². The standard InChI is InChI=1S/C20H30NSi2.Na/c1-5-22(6-2,19-15-11-9-12-16-19)21-23(7-3,8-4)20-17-13-10-14-18-20;/h9-18H,5-8H2,1-4H3;/q-1;+1. The Bertz CT molecular complexity index is 528. The van der Waals surface area contributed by atoms with Crippen LogP contribution in [-0.2, 0) is 0 Å². The molecule has 0 aliphatic heterocycles. The summed E-state index contributed by atoms with van der Waals surface area (Å²) < 4.78 is 5.83. The zero-order valence-corrected chi connectivity index (χ0v) is 20.0. The maximum Gasteiger partial charge on any atom is 1.00 e. The number of hydrogen-bond donors (Lipinski definition) is 0. The molecule has 2 aromatic carbocycles. The summed E-state index contributed by atoms with van der Waals surface area (Å²) in [5.74, 6) is 0. The van der Waals surface area contributed by atoms with Gasteiger partial charge in [0.15, 0.2) is 0 Å².